The Balaban J connectivity index is 2.07. The molecule has 0 atom stereocenters. The highest BCUT2D eigenvalue weighted by Crippen LogP contribution is 2.23. The van der Waals surface area contributed by atoms with Gasteiger partial charge in [0.25, 0.3) is 0 Å². The van der Waals surface area contributed by atoms with Gasteiger partial charge in [0.05, 0.1) is 5.75 Å². The molecule has 0 aliphatic heterocycles. The van der Waals surface area contributed by atoms with E-state index in [0.717, 1.165) is 10.5 Å². The molecule has 2 rings (SSSR count). The number of Topliss-reactive ketones (excluding diaryl/α,β-unsaturated/α-hetero) is 1. The maximum Gasteiger partial charge on any atom is 0.173 e. The fourth-order valence-corrected chi connectivity index (χ4v) is 2.77. The minimum atomic E-state index is -0.387. The number of carbonyl (C=O) groups excluding carboxylic acids is 1. The molecule has 0 aliphatic carbocycles. The number of hydrogen-bond donors (Lipinski definition) is 0. The Morgan fingerprint density at radius 2 is 2.05 bits per heavy atom. The van der Waals surface area contributed by atoms with Crippen LogP contribution < -0.4 is 0 Å². The Morgan fingerprint density at radius 1 is 1.26 bits per heavy atom. The van der Waals surface area contributed by atoms with Crippen LogP contribution in [0.4, 0.5) is 4.39 Å². The molecule has 0 radical (unpaired) electrons. The summed E-state index contributed by atoms with van der Waals surface area (Å²) in [6, 6.07) is 11.6. The zero-order chi connectivity index (χ0) is 13.8. The summed E-state index contributed by atoms with van der Waals surface area (Å²) >= 11 is 7.27. The van der Waals surface area contributed by atoms with E-state index in [-0.39, 0.29) is 17.4 Å². The molecule has 98 valence electrons. The first-order valence-electron chi connectivity index (χ1n) is 5.74. The topological polar surface area (TPSA) is 17.1 Å². The molecule has 0 saturated heterocycles. The Morgan fingerprint density at radius 3 is 2.79 bits per heavy atom. The molecule has 0 unspecified atom stereocenters. The lowest BCUT2D eigenvalue weighted by atomic mass is 10.1. The normalized spacial score (nSPS) is 10.5. The predicted octanol–water partition coefficient (Wildman–Crippen LogP) is 4.76. The molecule has 4 heteroatoms. The van der Waals surface area contributed by atoms with Gasteiger partial charge >= 0.3 is 0 Å². The van der Waals surface area contributed by atoms with Crippen molar-refractivity contribution in [2.75, 3.05) is 5.75 Å². The minimum absolute atomic E-state index is 0.0815. The molecule has 19 heavy (non-hydrogen) atoms. The highest BCUT2D eigenvalue weighted by Gasteiger charge is 2.10. The molecule has 2 aromatic carbocycles. The summed E-state index contributed by atoms with van der Waals surface area (Å²) in [5, 5.41) is 0.638. The van der Waals surface area contributed by atoms with Gasteiger partial charge in [-0.1, -0.05) is 23.7 Å². The summed E-state index contributed by atoms with van der Waals surface area (Å²) in [5.41, 5.74) is 1.23. The SMILES string of the molecule is Cc1ccc(F)cc1C(=O)CSc1cccc(Cl)c1. The van der Waals surface area contributed by atoms with Gasteiger partial charge in [-0.3, -0.25) is 4.79 Å². The highest BCUT2D eigenvalue weighted by atomic mass is 35.5. The average Bonchev–Trinajstić information content (AvgIpc) is 2.39. The van der Waals surface area contributed by atoms with Gasteiger partial charge in [-0.15, -0.1) is 11.8 Å². The van der Waals surface area contributed by atoms with Gasteiger partial charge in [0, 0.05) is 15.5 Å². The van der Waals surface area contributed by atoms with Gasteiger partial charge < -0.3 is 0 Å². The Hall–Kier alpha value is -1.32. The third-order valence-corrected chi connectivity index (χ3v) is 3.89. The molecule has 1 nitrogen and oxygen atoms in total. The number of ketones is 1. The maximum absolute atomic E-state index is 13.1. The van der Waals surface area contributed by atoms with Gasteiger partial charge in [-0.25, -0.2) is 4.39 Å². The van der Waals surface area contributed by atoms with Crippen LogP contribution in [-0.4, -0.2) is 11.5 Å². The molecule has 0 N–H and O–H groups in total. The van der Waals surface area contributed by atoms with Crippen LogP contribution >= 0.6 is 23.4 Å². The second kappa shape index (κ2) is 6.22. The van der Waals surface area contributed by atoms with Crippen molar-refractivity contribution < 1.29 is 9.18 Å². The number of benzene rings is 2. The maximum atomic E-state index is 13.1. The van der Waals surface area contributed by atoms with Crippen LogP contribution in [0, 0.1) is 12.7 Å². The fraction of sp³-hybridized carbons (Fsp3) is 0.133. The number of aryl methyl sites for hydroxylation is 1. The summed E-state index contributed by atoms with van der Waals surface area (Å²) in [4.78, 5) is 13.0. The van der Waals surface area contributed by atoms with Crippen LogP contribution in [0.5, 0.6) is 0 Å². The van der Waals surface area contributed by atoms with Crippen molar-refractivity contribution >= 4 is 29.1 Å². The van der Waals surface area contributed by atoms with Crippen LogP contribution in [0.1, 0.15) is 15.9 Å². The van der Waals surface area contributed by atoms with E-state index in [0.29, 0.717) is 10.6 Å². The van der Waals surface area contributed by atoms with Crippen molar-refractivity contribution in [1.29, 1.82) is 0 Å². The summed E-state index contributed by atoms with van der Waals surface area (Å²) in [6.07, 6.45) is 0. The Bertz CT molecular complexity index is 613. The molecular formula is C15H12ClFOS. The van der Waals surface area contributed by atoms with Gasteiger partial charge in [0.2, 0.25) is 0 Å². The molecule has 0 fully saturated rings. The van der Waals surface area contributed by atoms with E-state index in [9.17, 15) is 9.18 Å². The van der Waals surface area contributed by atoms with E-state index in [1.807, 2.05) is 12.1 Å². The molecule has 0 heterocycles. The van der Waals surface area contributed by atoms with Crippen molar-refractivity contribution in [2.45, 2.75) is 11.8 Å². The highest BCUT2D eigenvalue weighted by molar-refractivity contribution is 8.00. The van der Waals surface area contributed by atoms with Crippen LogP contribution in [-0.2, 0) is 0 Å². The number of carbonyl (C=O) groups is 1. The molecular weight excluding hydrogens is 283 g/mol. The third kappa shape index (κ3) is 3.82. The summed E-state index contributed by atoms with van der Waals surface area (Å²) in [5.74, 6) is -0.200. The zero-order valence-corrected chi connectivity index (χ0v) is 11.9. The fourth-order valence-electron chi connectivity index (χ4n) is 1.68. The van der Waals surface area contributed by atoms with Gasteiger partial charge in [-0.2, -0.15) is 0 Å². The molecule has 2 aromatic rings. The van der Waals surface area contributed by atoms with Gasteiger partial charge in [0.1, 0.15) is 5.82 Å². The van der Waals surface area contributed by atoms with Crippen LogP contribution in [0.2, 0.25) is 5.02 Å². The molecule has 0 bridgehead atoms. The van der Waals surface area contributed by atoms with Crippen molar-refractivity contribution in [3.8, 4) is 0 Å². The summed E-state index contributed by atoms with van der Waals surface area (Å²) < 4.78 is 13.1. The van der Waals surface area contributed by atoms with Gasteiger partial charge in [0.15, 0.2) is 5.78 Å². The summed E-state index contributed by atoms with van der Waals surface area (Å²) in [7, 11) is 0. The molecule has 0 spiro atoms. The van der Waals surface area contributed by atoms with E-state index < -0.39 is 0 Å². The average molecular weight is 295 g/mol. The number of rotatable bonds is 4. The van der Waals surface area contributed by atoms with E-state index >= 15 is 0 Å². The predicted molar refractivity (Wildman–Crippen MR) is 77.6 cm³/mol. The largest absolute Gasteiger partial charge is 0.293 e. The third-order valence-electron chi connectivity index (χ3n) is 2.67. The second-order valence-electron chi connectivity index (χ2n) is 4.13. The van der Waals surface area contributed by atoms with Crippen molar-refractivity contribution in [2.24, 2.45) is 0 Å². The zero-order valence-electron chi connectivity index (χ0n) is 10.3. The first-order valence-corrected chi connectivity index (χ1v) is 7.10. The minimum Gasteiger partial charge on any atom is -0.293 e. The Labute approximate surface area is 120 Å². The van der Waals surface area contributed by atoms with Crippen molar-refractivity contribution in [3.63, 3.8) is 0 Å². The molecule has 0 aromatic heterocycles. The van der Waals surface area contributed by atoms with Crippen LogP contribution in [0.25, 0.3) is 0 Å². The van der Waals surface area contributed by atoms with E-state index in [1.54, 1.807) is 25.1 Å². The van der Waals surface area contributed by atoms with Crippen LogP contribution in [0.15, 0.2) is 47.4 Å². The summed E-state index contributed by atoms with van der Waals surface area (Å²) in [6.45, 7) is 1.80. The first kappa shape index (κ1) is 14.1. The van der Waals surface area contributed by atoms with Gasteiger partial charge in [-0.05, 0) is 42.8 Å². The smallest absolute Gasteiger partial charge is 0.173 e. The van der Waals surface area contributed by atoms with E-state index in [4.69, 9.17) is 11.6 Å². The monoisotopic (exact) mass is 294 g/mol. The number of hydrogen-bond acceptors (Lipinski definition) is 2. The van der Waals surface area contributed by atoms with E-state index in [2.05, 4.69) is 0 Å². The lowest BCUT2D eigenvalue weighted by molar-refractivity contribution is 0.102. The van der Waals surface area contributed by atoms with Crippen molar-refractivity contribution in [3.05, 3.63) is 64.4 Å². The lowest BCUT2D eigenvalue weighted by Gasteiger charge is -2.05. The first-order chi connectivity index (χ1) is 9.06. The van der Waals surface area contributed by atoms with E-state index in [1.165, 1.54) is 23.9 Å². The van der Waals surface area contributed by atoms with Crippen molar-refractivity contribution in [1.82, 2.24) is 0 Å². The molecule has 0 amide bonds. The lowest BCUT2D eigenvalue weighted by Crippen LogP contribution is -2.05. The molecule has 0 saturated carbocycles. The van der Waals surface area contributed by atoms with Crippen LogP contribution in [0.3, 0.4) is 0 Å². The second-order valence-corrected chi connectivity index (χ2v) is 5.61. The number of halogens is 2. The standard InChI is InChI=1S/C15H12ClFOS/c1-10-5-6-12(17)8-14(10)15(18)9-19-13-4-2-3-11(16)7-13/h2-8H,9H2,1H3. The Kier molecular flexibility index (Phi) is 4.61. The number of thioether (sulfide) groups is 1. The quantitative estimate of drug-likeness (QED) is 0.597. The molecule has 0 aliphatic rings.